The standard InChI is InChI=1S/C21H22O/c1-5-16(3)17(4)19-8-6-7-18(14-19)10-11-20-13-15(2)9-12-21(20)22/h1,6-9,12-14,22H,10-11H2,2-4H3/b17-16-. The summed E-state index contributed by atoms with van der Waals surface area (Å²) in [5.74, 6) is 3.08. The van der Waals surface area contributed by atoms with Gasteiger partial charge in [-0.1, -0.05) is 47.9 Å². The summed E-state index contributed by atoms with van der Waals surface area (Å²) in [6.07, 6.45) is 7.20. The largest absolute Gasteiger partial charge is 0.508 e. The number of hydrogen-bond donors (Lipinski definition) is 1. The molecular weight excluding hydrogens is 268 g/mol. The summed E-state index contributed by atoms with van der Waals surface area (Å²) in [4.78, 5) is 0. The number of phenolic OH excluding ortho intramolecular Hbond substituents is 1. The van der Waals surface area contributed by atoms with Crippen molar-refractivity contribution >= 4 is 5.57 Å². The molecule has 0 spiro atoms. The Balaban J connectivity index is 2.18. The molecule has 2 aromatic carbocycles. The molecule has 0 amide bonds. The molecule has 0 aliphatic carbocycles. The van der Waals surface area contributed by atoms with Crippen LogP contribution in [0, 0.1) is 19.3 Å². The molecule has 0 saturated heterocycles. The third-order valence-electron chi connectivity index (χ3n) is 4.06. The van der Waals surface area contributed by atoms with Crippen LogP contribution in [0.4, 0.5) is 0 Å². The van der Waals surface area contributed by atoms with Crippen molar-refractivity contribution in [1.82, 2.24) is 0 Å². The van der Waals surface area contributed by atoms with Gasteiger partial charge in [0, 0.05) is 5.57 Å². The Morgan fingerprint density at radius 3 is 2.59 bits per heavy atom. The Bertz CT molecular complexity index is 745. The molecule has 0 saturated carbocycles. The first-order valence-corrected chi connectivity index (χ1v) is 7.53. The maximum atomic E-state index is 9.93. The number of phenols is 1. The van der Waals surface area contributed by atoms with Crippen LogP contribution in [0.1, 0.15) is 36.1 Å². The monoisotopic (exact) mass is 290 g/mol. The van der Waals surface area contributed by atoms with E-state index in [4.69, 9.17) is 6.42 Å². The number of aromatic hydroxyl groups is 1. The Hall–Kier alpha value is -2.46. The van der Waals surface area contributed by atoms with Crippen molar-refractivity contribution in [3.63, 3.8) is 0 Å². The lowest BCUT2D eigenvalue weighted by Gasteiger charge is -2.09. The van der Waals surface area contributed by atoms with Crippen LogP contribution in [-0.4, -0.2) is 5.11 Å². The first-order chi connectivity index (χ1) is 10.5. The summed E-state index contributed by atoms with van der Waals surface area (Å²) in [6.45, 7) is 6.06. The first kappa shape index (κ1) is 15.9. The van der Waals surface area contributed by atoms with Crippen LogP contribution in [0.3, 0.4) is 0 Å². The molecule has 0 radical (unpaired) electrons. The lowest BCUT2D eigenvalue weighted by Crippen LogP contribution is -1.94. The molecule has 0 fully saturated rings. The quantitative estimate of drug-likeness (QED) is 0.793. The minimum atomic E-state index is 0.376. The van der Waals surface area contributed by atoms with Gasteiger partial charge in [-0.2, -0.15) is 0 Å². The minimum Gasteiger partial charge on any atom is -0.508 e. The molecule has 1 nitrogen and oxygen atoms in total. The van der Waals surface area contributed by atoms with Crippen LogP contribution in [0.15, 0.2) is 48.0 Å². The molecule has 0 aliphatic heterocycles. The highest BCUT2D eigenvalue weighted by molar-refractivity contribution is 5.70. The van der Waals surface area contributed by atoms with Crippen molar-refractivity contribution in [2.75, 3.05) is 0 Å². The van der Waals surface area contributed by atoms with Gasteiger partial charge in [0.15, 0.2) is 0 Å². The maximum absolute atomic E-state index is 9.93. The molecule has 22 heavy (non-hydrogen) atoms. The number of aryl methyl sites for hydroxylation is 3. The third kappa shape index (κ3) is 3.80. The predicted molar refractivity (Wildman–Crippen MR) is 93.8 cm³/mol. The van der Waals surface area contributed by atoms with Crippen LogP contribution in [-0.2, 0) is 12.8 Å². The van der Waals surface area contributed by atoms with Gasteiger partial charge in [0.25, 0.3) is 0 Å². The fourth-order valence-corrected chi connectivity index (χ4v) is 2.48. The number of hydrogen-bond acceptors (Lipinski definition) is 1. The van der Waals surface area contributed by atoms with E-state index in [1.807, 2.05) is 26.0 Å². The Morgan fingerprint density at radius 1 is 1.09 bits per heavy atom. The van der Waals surface area contributed by atoms with E-state index >= 15 is 0 Å². The summed E-state index contributed by atoms with van der Waals surface area (Å²) in [6, 6.07) is 14.2. The minimum absolute atomic E-state index is 0.376. The van der Waals surface area contributed by atoms with E-state index in [1.54, 1.807) is 6.07 Å². The van der Waals surface area contributed by atoms with E-state index in [0.29, 0.717) is 5.75 Å². The summed E-state index contributed by atoms with van der Waals surface area (Å²) < 4.78 is 0. The number of benzene rings is 2. The molecule has 2 rings (SSSR count). The highest BCUT2D eigenvalue weighted by Gasteiger charge is 2.04. The Kier molecular flexibility index (Phi) is 5.07. The second-order valence-corrected chi connectivity index (χ2v) is 5.73. The summed E-state index contributed by atoms with van der Waals surface area (Å²) in [5.41, 5.74) is 6.70. The van der Waals surface area contributed by atoms with Crippen LogP contribution >= 0.6 is 0 Å². The van der Waals surface area contributed by atoms with Gasteiger partial charge in [-0.25, -0.2) is 0 Å². The third-order valence-corrected chi connectivity index (χ3v) is 4.06. The second kappa shape index (κ2) is 7.00. The Morgan fingerprint density at radius 2 is 1.86 bits per heavy atom. The van der Waals surface area contributed by atoms with E-state index in [9.17, 15) is 5.11 Å². The fraction of sp³-hybridized carbons (Fsp3) is 0.238. The van der Waals surface area contributed by atoms with Crippen molar-refractivity contribution in [1.29, 1.82) is 0 Å². The zero-order valence-corrected chi connectivity index (χ0v) is 13.5. The van der Waals surface area contributed by atoms with E-state index in [-0.39, 0.29) is 0 Å². The fourth-order valence-electron chi connectivity index (χ4n) is 2.48. The van der Waals surface area contributed by atoms with Crippen LogP contribution in [0.5, 0.6) is 5.75 Å². The highest BCUT2D eigenvalue weighted by atomic mass is 16.3. The molecule has 0 aromatic heterocycles. The van der Waals surface area contributed by atoms with Crippen molar-refractivity contribution < 1.29 is 5.11 Å². The van der Waals surface area contributed by atoms with Crippen molar-refractivity contribution in [2.45, 2.75) is 33.6 Å². The van der Waals surface area contributed by atoms with Gasteiger partial charge in [0.2, 0.25) is 0 Å². The first-order valence-electron chi connectivity index (χ1n) is 7.53. The molecule has 0 atom stereocenters. The molecular formula is C21H22O. The zero-order valence-electron chi connectivity index (χ0n) is 13.5. The van der Waals surface area contributed by atoms with Gasteiger partial charge in [-0.3, -0.25) is 0 Å². The van der Waals surface area contributed by atoms with E-state index in [0.717, 1.165) is 29.6 Å². The van der Waals surface area contributed by atoms with E-state index in [1.165, 1.54) is 16.7 Å². The van der Waals surface area contributed by atoms with Crippen molar-refractivity contribution in [3.8, 4) is 18.1 Å². The predicted octanol–water partition coefficient (Wildman–Crippen LogP) is 4.91. The van der Waals surface area contributed by atoms with Gasteiger partial charge in [-0.05, 0) is 61.9 Å². The lowest BCUT2D eigenvalue weighted by atomic mass is 9.97. The van der Waals surface area contributed by atoms with Crippen LogP contribution < -0.4 is 0 Å². The normalized spacial score (nSPS) is 11.7. The molecule has 0 bridgehead atoms. The average molecular weight is 290 g/mol. The molecule has 1 heteroatoms. The molecule has 2 aromatic rings. The van der Waals surface area contributed by atoms with E-state index < -0.39 is 0 Å². The van der Waals surface area contributed by atoms with Gasteiger partial charge >= 0.3 is 0 Å². The SMILES string of the molecule is C#C/C(C)=C(/C)c1cccc(CCc2cc(C)ccc2O)c1. The van der Waals surface area contributed by atoms with Crippen LogP contribution in [0.2, 0.25) is 0 Å². The number of allylic oxidation sites excluding steroid dienone is 2. The number of terminal acetylenes is 1. The van der Waals surface area contributed by atoms with Gasteiger partial charge in [0.05, 0.1) is 0 Å². The summed E-state index contributed by atoms with van der Waals surface area (Å²) in [5, 5.41) is 9.93. The van der Waals surface area contributed by atoms with Gasteiger partial charge < -0.3 is 5.11 Å². The van der Waals surface area contributed by atoms with Crippen molar-refractivity contribution in [3.05, 3.63) is 70.3 Å². The van der Waals surface area contributed by atoms with Gasteiger partial charge in [0.1, 0.15) is 5.75 Å². The van der Waals surface area contributed by atoms with E-state index in [2.05, 4.69) is 37.1 Å². The van der Waals surface area contributed by atoms with Crippen LogP contribution in [0.25, 0.3) is 5.57 Å². The van der Waals surface area contributed by atoms with Crippen molar-refractivity contribution in [2.24, 2.45) is 0 Å². The number of rotatable bonds is 4. The smallest absolute Gasteiger partial charge is 0.118 e. The second-order valence-electron chi connectivity index (χ2n) is 5.73. The summed E-state index contributed by atoms with van der Waals surface area (Å²) in [7, 11) is 0. The zero-order chi connectivity index (χ0) is 16.1. The molecule has 1 N–H and O–H groups in total. The molecule has 112 valence electrons. The summed E-state index contributed by atoms with van der Waals surface area (Å²) >= 11 is 0. The average Bonchev–Trinajstić information content (AvgIpc) is 2.54. The molecule has 0 aliphatic rings. The highest BCUT2D eigenvalue weighted by Crippen LogP contribution is 2.22. The topological polar surface area (TPSA) is 20.2 Å². The molecule has 0 unspecified atom stereocenters. The maximum Gasteiger partial charge on any atom is 0.118 e. The molecule has 0 heterocycles. The Labute approximate surface area is 133 Å². The van der Waals surface area contributed by atoms with Gasteiger partial charge in [-0.15, -0.1) is 6.42 Å². The lowest BCUT2D eigenvalue weighted by molar-refractivity contribution is 0.467.